The van der Waals surface area contributed by atoms with Crippen LogP contribution in [0.5, 0.6) is 5.75 Å². The molecule has 3 aliphatic rings. The number of benzene rings is 2. The first-order valence-corrected chi connectivity index (χ1v) is 15.9. The molecule has 1 N–H and O–H groups in total. The van der Waals surface area contributed by atoms with E-state index in [0.29, 0.717) is 23.8 Å². The highest BCUT2D eigenvalue weighted by Gasteiger charge is 2.50. The van der Waals surface area contributed by atoms with Crippen molar-refractivity contribution in [1.29, 1.82) is 0 Å². The Morgan fingerprint density at radius 1 is 1.09 bits per heavy atom. The predicted molar refractivity (Wildman–Crippen MR) is 169 cm³/mol. The van der Waals surface area contributed by atoms with Gasteiger partial charge < -0.3 is 28.8 Å². The first-order valence-electron chi connectivity index (χ1n) is 15.1. The van der Waals surface area contributed by atoms with Crippen molar-refractivity contribution < 1.29 is 19.1 Å². The van der Waals surface area contributed by atoms with Crippen LogP contribution in [0, 0.1) is 11.8 Å². The molecule has 9 nitrogen and oxygen atoms in total. The number of aromatic nitrogens is 3. The molecular formula is C33H38BrN5O4. The zero-order valence-corrected chi connectivity index (χ0v) is 26.9. The number of carbonyl (C=O) groups is 2. The fourth-order valence-corrected chi connectivity index (χ4v) is 7.44. The molecule has 10 heteroatoms. The quantitative estimate of drug-likeness (QED) is 0.258. The zero-order valence-electron chi connectivity index (χ0n) is 25.3. The van der Waals surface area contributed by atoms with Gasteiger partial charge in [0.25, 0.3) is 5.91 Å². The highest BCUT2D eigenvalue weighted by atomic mass is 79.9. The van der Waals surface area contributed by atoms with Crippen LogP contribution in [-0.4, -0.2) is 62.4 Å². The summed E-state index contributed by atoms with van der Waals surface area (Å²) in [7, 11) is 3.64. The maximum atomic E-state index is 14.0. The van der Waals surface area contributed by atoms with Gasteiger partial charge in [0, 0.05) is 41.1 Å². The van der Waals surface area contributed by atoms with Gasteiger partial charge in [0.05, 0.1) is 30.4 Å². The van der Waals surface area contributed by atoms with Crippen molar-refractivity contribution in [2.45, 2.75) is 70.7 Å². The van der Waals surface area contributed by atoms with Crippen molar-refractivity contribution in [2.75, 3.05) is 13.7 Å². The first-order chi connectivity index (χ1) is 20.5. The number of ether oxygens (including phenoxy) is 2. The Morgan fingerprint density at radius 2 is 1.88 bits per heavy atom. The van der Waals surface area contributed by atoms with Crippen LogP contribution in [0.25, 0.3) is 33.5 Å². The molecule has 2 amide bonds. The molecule has 3 atom stereocenters. The molecule has 3 heterocycles. The van der Waals surface area contributed by atoms with E-state index >= 15 is 0 Å². The van der Waals surface area contributed by atoms with Crippen LogP contribution in [0.1, 0.15) is 56.8 Å². The van der Waals surface area contributed by atoms with Crippen LogP contribution in [0.3, 0.4) is 0 Å². The number of nitrogens with zero attached hydrogens (tertiary/aromatic N) is 4. The molecular weight excluding hydrogens is 610 g/mol. The molecule has 2 bridgehead atoms. The SMILES string of the molecule is COc1cc(C(=O)N2C[C@H]3CCC2[C@@H]3NC(=O)OC(C)(C)C)cc2nc(-c3cc4cc(Br)ccc4n3CC3CC3)n(C)c12. The summed E-state index contributed by atoms with van der Waals surface area (Å²) < 4.78 is 16.9. The highest BCUT2D eigenvalue weighted by Crippen LogP contribution is 2.41. The molecule has 3 fully saturated rings. The lowest BCUT2D eigenvalue weighted by Crippen LogP contribution is -2.46. The maximum absolute atomic E-state index is 14.0. The number of piperidine rings is 1. The van der Waals surface area contributed by atoms with E-state index in [4.69, 9.17) is 14.5 Å². The van der Waals surface area contributed by atoms with Crippen LogP contribution in [0.4, 0.5) is 4.79 Å². The molecule has 7 rings (SSSR count). The minimum Gasteiger partial charge on any atom is -0.494 e. The molecule has 1 aliphatic heterocycles. The lowest BCUT2D eigenvalue weighted by molar-refractivity contribution is 0.0485. The Bertz CT molecular complexity index is 1760. The summed E-state index contributed by atoms with van der Waals surface area (Å²) >= 11 is 3.63. The molecule has 2 saturated carbocycles. The first kappa shape index (κ1) is 28.3. The minimum atomic E-state index is -0.576. The van der Waals surface area contributed by atoms with E-state index in [9.17, 15) is 9.59 Å². The second-order valence-electron chi connectivity index (χ2n) is 13.4. The van der Waals surface area contributed by atoms with E-state index in [1.54, 1.807) is 7.11 Å². The predicted octanol–water partition coefficient (Wildman–Crippen LogP) is 6.50. The number of amides is 2. The average molecular weight is 649 g/mol. The second kappa shape index (κ2) is 10.3. The highest BCUT2D eigenvalue weighted by molar-refractivity contribution is 9.10. The number of rotatable bonds is 6. The second-order valence-corrected chi connectivity index (χ2v) is 14.3. The van der Waals surface area contributed by atoms with Gasteiger partial charge in [-0.25, -0.2) is 9.78 Å². The van der Waals surface area contributed by atoms with Gasteiger partial charge in [-0.2, -0.15) is 0 Å². The fraction of sp³-hybridized carbons (Fsp3) is 0.485. The molecule has 2 aromatic heterocycles. The molecule has 2 aliphatic carbocycles. The Morgan fingerprint density at radius 3 is 2.60 bits per heavy atom. The standard InChI is InChI=1S/C33H38BrN5O4/c1-33(2,3)43-32(41)36-28-19-8-10-25(28)39(17-19)31(40)21-13-23-29(27(15-21)42-5)37(4)30(35-23)26-14-20-12-22(34)9-11-24(20)38(26)16-18-6-7-18/h9,11-15,18-19,25,28H,6-8,10,16-17H2,1-5H3,(H,36,41)/t19-,25?,28-/m1/s1. The van der Waals surface area contributed by atoms with E-state index in [2.05, 4.69) is 54.6 Å². The number of carbonyl (C=O) groups excluding carboxylic acids is 2. The van der Waals surface area contributed by atoms with Gasteiger partial charge in [0.2, 0.25) is 0 Å². The number of aryl methyl sites for hydroxylation is 1. The summed E-state index contributed by atoms with van der Waals surface area (Å²) in [5.41, 5.74) is 3.79. The number of halogens is 1. The Balaban J connectivity index is 1.23. The lowest BCUT2D eigenvalue weighted by atomic mass is 10.1. The molecule has 2 aromatic carbocycles. The van der Waals surface area contributed by atoms with Crippen molar-refractivity contribution in [3.63, 3.8) is 0 Å². The fourth-order valence-electron chi connectivity index (χ4n) is 7.06. The summed E-state index contributed by atoms with van der Waals surface area (Å²) in [6.45, 7) is 7.12. The molecule has 226 valence electrons. The van der Waals surface area contributed by atoms with Gasteiger partial charge in [-0.1, -0.05) is 15.9 Å². The van der Waals surface area contributed by atoms with Crippen molar-refractivity contribution in [3.8, 4) is 17.3 Å². The maximum Gasteiger partial charge on any atom is 0.407 e. The summed E-state index contributed by atoms with van der Waals surface area (Å²) in [5, 5.41) is 4.22. The van der Waals surface area contributed by atoms with Crippen LogP contribution in [-0.2, 0) is 18.3 Å². The minimum absolute atomic E-state index is 0.0662. The van der Waals surface area contributed by atoms with Crippen molar-refractivity contribution in [1.82, 2.24) is 24.3 Å². The Hall–Kier alpha value is -3.53. The number of hydrogen-bond donors (Lipinski definition) is 1. The van der Waals surface area contributed by atoms with E-state index in [1.807, 2.05) is 44.9 Å². The number of hydrogen-bond acceptors (Lipinski definition) is 5. The summed E-state index contributed by atoms with van der Waals surface area (Å²) in [6, 6.07) is 12.1. The van der Waals surface area contributed by atoms with E-state index < -0.39 is 11.7 Å². The topological polar surface area (TPSA) is 90.6 Å². The van der Waals surface area contributed by atoms with Gasteiger partial charge in [0.15, 0.2) is 5.82 Å². The normalized spacial score (nSPS) is 21.6. The van der Waals surface area contributed by atoms with Crippen molar-refractivity contribution in [3.05, 3.63) is 46.4 Å². The molecule has 1 unspecified atom stereocenters. The van der Waals surface area contributed by atoms with Gasteiger partial charge in [-0.3, -0.25) is 4.79 Å². The van der Waals surface area contributed by atoms with Gasteiger partial charge in [0.1, 0.15) is 16.9 Å². The Kier molecular flexibility index (Phi) is 6.76. The summed E-state index contributed by atoms with van der Waals surface area (Å²) in [6.07, 6.45) is 3.91. The monoisotopic (exact) mass is 647 g/mol. The van der Waals surface area contributed by atoms with Crippen molar-refractivity contribution in [2.24, 2.45) is 18.9 Å². The number of fused-ring (bicyclic) bond motifs is 4. The third kappa shape index (κ3) is 5.07. The third-order valence-electron chi connectivity index (χ3n) is 9.16. The van der Waals surface area contributed by atoms with Gasteiger partial charge >= 0.3 is 6.09 Å². The van der Waals surface area contributed by atoms with E-state index in [-0.39, 0.29) is 23.9 Å². The van der Waals surface area contributed by atoms with Gasteiger partial charge in [-0.15, -0.1) is 0 Å². The summed E-state index contributed by atoms with van der Waals surface area (Å²) in [4.78, 5) is 33.6. The summed E-state index contributed by atoms with van der Waals surface area (Å²) in [5.74, 6) is 2.29. The number of likely N-dealkylation sites (tertiary alicyclic amines) is 1. The number of alkyl carbamates (subject to hydrolysis) is 1. The van der Waals surface area contributed by atoms with Gasteiger partial charge in [-0.05, 0) is 94.7 Å². The van der Waals surface area contributed by atoms with E-state index in [1.165, 1.54) is 23.7 Å². The number of nitrogens with one attached hydrogen (secondary N) is 1. The van der Waals surface area contributed by atoms with Crippen LogP contribution < -0.4 is 10.1 Å². The average Bonchev–Trinajstić information content (AvgIpc) is 3.31. The van der Waals surface area contributed by atoms with E-state index in [0.717, 1.165) is 46.4 Å². The number of imidazole rings is 1. The van der Waals surface area contributed by atoms with Crippen LogP contribution >= 0.6 is 15.9 Å². The smallest absolute Gasteiger partial charge is 0.407 e. The molecule has 4 aromatic rings. The molecule has 0 spiro atoms. The van der Waals surface area contributed by atoms with Crippen LogP contribution in [0.2, 0.25) is 0 Å². The largest absolute Gasteiger partial charge is 0.494 e. The molecule has 1 saturated heterocycles. The third-order valence-corrected chi connectivity index (χ3v) is 9.66. The van der Waals surface area contributed by atoms with Crippen molar-refractivity contribution >= 4 is 49.9 Å². The zero-order chi connectivity index (χ0) is 30.2. The number of methoxy groups -OCH3 is 1. The lowest BCUT2D eigenvalue weighted by Gasteiger charge is -2.28. The Labute approximate surface area is 259 Å². The van der Waals surface area contributed by atoms with Crippen LogP contribution in [0.15, 0.2) is 40.9 Å². The molecule has 0 radical (unpaired) electrons. The molecule has 43 heavy (non-hydrogen) atoms.